The van der Waals surface area contributed by atoms with Crippen molar-refractivity contribution in [3.05, 3.63) is 23.8 Å². The highest BCUT2D eigenvalue weighted by Gasteiger charge is 2.09. The summed E-state index contributed by atoms with van der Waals surface area (Å²) in [5.41, 5.74) is 6.02. The van der Waals surface area contributed by atoms with E-state index in [1.165, 1.54) is 6.26 Å². The number of amidine groups is 1. The van der Waals surface area contributed by atoms with Crippen LogP contribution >= 0.6 is 0 Å². The zero-order valence-corrected chi connectivity index (χ0v) is 12.9. The van der Waals surface area contributed by atoms with Crippen LogP contribution in [0.2, 0.25) is 0 Å². The van der Waals surface area contributed by atoms with E-state index in [0.29, 0.717) is 30.1 Å². The van der Waals surface area contributed by atoms with Crippen LogP contribution in [0.5, 0.6) is 11.5 Å². The summed E-state index contributed by atoms with van der Waals surface area (Å²) in [4.78, 5) is 0. The van der Waals surface area contributed by atoms with Crippen LogP contribution in [-0.4, -0.2) is 44.7 Å². The molecule has 0 aliphatic carbocycles. The molecule has 0 radical (unpaired) electrons. The summed E-state index contributed by atoms with van der Waals surface area (Å²) in [6.07, 6.45) is 1.58. The number of ether oxygens (including phenoxy) is 2. The van der Waals surface area contributed by atoms with Gasteiger partial charge < -0.3 is 20.4 Å². The number of rotatable bonds is 8. The first-order chi connectivity index (χ1) is 9.87. The smallest absolute Gasteiger partial charge is 0.170 e. The number of oxime groups is 1. The topological polar surface area (TPSA) is 111 Å². The normalized spacial score (nSPS) is 12.2. The van der Waals surface area contributed by atoms with Gasteiger partial charge in [0.2, 0.25) is 0 Å². The van der Waals surface area contributed by atoms with Gasteiger partial charge in [-0.05, 0) is 31.5 Å². The largest absolute Gasteiger partial charge is 0.490 e. The van der Waals surface area contributed by atoms with E-state index in [1.54, 1.807) is 18.2 Å². The molecule has 0 atom stereocenters. The van der Waals surface area contributed by atoms with Crippen LogP contribution < -0.4 is 15.2 Å². The Labute approximate surface area is 124 Å². The van der Waals surface area contributed by atoms with Crippen LogP contribution in [0.4, 0.5) is 0 Å². The Bertz CT molecular complexity index is 599. The highest BCUT2D eigenvalue weighted by Crippen LogP contribution is 2.28. The molecule has 0 unspecified atom stereocenters. The van der Waals surface area contributed by atoms with Gasteiger partial charge >= 0.3 is 0 Å². The molecule has 21 heavy (non-hydrogen) atoms. The first-order valence-electron chi connectivity index (χ1n) is 6.42. The van der Waals surface area contributed by atoms with Crippen molar-refractivity contribution in [1.29, 1.82) is 0 Å². The molecule has 0 spiro atoms. The molecule has 0 saturated heterocycles. The van der Waals surface area contributed by atoms with Crippen LogP contribution in [-0.2, 0) is 9.84 Å². The minimum absolute atomic E-state index is 0.0282. The monoisotopic (exact) mass is 316 g/mol. The lowest BCUT2D eigenvalue weighted by molar-refractivity contribution is 0.277. The zero-order valence-electron chi connectivity index (χ0n) is 12.1. The van der Waals surface area contributed by atoms with Crippen LogP contribution in [0.15, 0.2) is 23.4 Å². The predicted octanol–water partition coefficient (Wildman–Crippen LogP) is 0.993. The van der Waals surface area contributed by atoms with E-state index in [0.717, 1.165) is 0 Å². The first-order valence-corrected chi connectivity index (χ1v) is 8.48. The van der Waals surface area contributed by atoms with E-state index in [-0.39, 0.29) is 18.2 Å². The Balaban J connectivity index is 2.77. The average Bonchev–Trinajstić information content (AvgIpc) is 2.43. The zero-order chi connectivity index (χ0) is 15.9. The molecule has 0 saturated carbocycles. The fourth-order valence-electron chi connectivity index (χ4n) is 1.62. The Hall–Kier alpha value is -1.96. The highest BCUT2D eigenvalue weighted by molar-refractivity contribution is 7.90. The molecule has 3 N–H and O–H groups in total. The molecule has 1 aromatic carbocycles. The summed E-state index contributed by atoms with van der Waals surface area (Å²) in [6.45, 7) is 2.51. The quantitative estimate of drug-likeness (QED) is 0.243. The maximum atomic E-state index is 11.0. The fourth-order valence-corrected chi connectivity index (χ4v) is 2.26. The third-order valence-corrected chi connectivity index (χ3v) is 3.59. The van der Waals surface area contributed by atoms with Crippen molar-refractivity contribution in [2.24, 2.45) is 10.9 Å². The van der Waals surface area contributed by atoms with Crippen LogP contribution in [0.3, 0.4) is 0 Å². The van der Waals surface area contributed by atoms with Crippen molar-refractivity contribution >= 4 is 15.7 Å². The van der Waals surface area contributed by atoms with Crippen molar-refractivity contribution < 1.29 is 23.1 Å². The van der Waals surface area contributed by atoms with Crippen molar-refractivity contribution in [3.63, 3.8) is 0 Å². The van der Waals surface area contributed by atoms with E-state index in [4.69, 9.17) is 20.4 Å². The number of benzene rings is 1. The molecule has 0 aliphatic rings. The lowest BCUT2D eigenvalue weighted by Crippen LogP contribution is -2.13. The third-order valence-electron chi connectivity index (χ3n) is 2.56. The van der Waals surface area contributed by atoms with Crippen LogP contribution in [0.1, 0.15) is 18.9 Å². The molecule has 0 heterocycles. The minimum atomic E-state index is -2.99. The Morgan fingerprint density at radius 2 is 2.05 bits per heavy atom. The Kier molecular flexibility index (Phi) is 6.29. The Morgan fingerprint density at radius 3 is 2.62 bits per heavy atom. The summed E-state index contributed by atoms with van der Waals surface area (Å²) in [5, 5.41) is 11.6. The van der Waals surface area contributed by atoms with Crippen molar-refractivity contribution in [1.82, 2.24) is 0 Å². The molecule has 8 heteroatoms. The van der Waals surface area contributed by atoms with E-state index < -0.39 is 9.84 Å². The summed E-state index contributed by atoms with van der Waals surface area (Å²) >= 11 is 0. The number of hydrogen-bond donors (Lipinski definition) is 2. The lowest BCUT2D eigenvalue weighted by Gasteiger charge is -2.13. The van der Waals surface area contributed by atoms with Crippen molar-refractivity contribution in [2.75, 3.05) is 25.2 Å². The number of sulfone groups is 1. The third kappa shape index (κ3) is 5.90. The summed E-state index contributed by atoms with van der Waals surface area (Å²) in [7, 11) is -2.99. The van der Waals surface area contributed by atoms with Gasteiger partial charge in [-0.15, -0.1) is 0 Å². The molecule has 0 aromatic heterocycles. The summed E-state index contributed by atoms with van der Waals surface area (Å²) in [6, 6.07) is 4.87. The highest BCUT2D eigenvalue weighted by atomic mass is 32.2. The predicted molar refractivity (Wildman–Crippen MR) is 79.9 cm³/mol. The molecule has 0 aliphatic heterocycles. The molecule has 118 valence electrons. The molecule has 0 amide bonds. The summed E-state index contributed by atoms with van der Waals surface area (Å²) in [5.74, 6) is 0.986. The van der Waals surface area contributed by atoms with E-state index in [1.807, 2.05) is 6.92 Å². The molecule has 0 bridgehead atoms. The average molecular weight is 316 g/mol. The summed E-state index contributed by atoms with van der Waals surface area (Å²) < 4.78 is 33.0. The maximum Gasteiger partial charge on any atom is 0.170 e. The number of hydrogen-bond acceptors (Lipinski definition) is 6. The standard InChI is InChI=1S/C13H20N2O5S/c1-3-19-12-9-10(13(14)15-16)5-6-11(12)20-7-4-8-21(2,17)18/h5-6,9,16H,3-4,7-8H2,1-2H3,(H2,14,15). The van der Waals surface area contributed by atoms with Crippen molar-refractivity contribution in [3.8, 4) is 11.5 Å². The van der Waals surface area contributed by atoms with Gasteiger partial charge in [0.05, 0.1) is 19.0 Å². The van der Waals surface area contributed by atoms with E-state index in [9.17, 15) is 8.42 Å². The van der Waals surface area contributed by atoms with Gasteiger partial charge in [0.25, 0.3) is 0 Å². The number of nitrogens with two attached hydrogens (primary N) is 1. The first kappa shape index (κ1) is 17.1. The van der Waals surface area contributed by atoms with Gasteiger partial charge in [0.1, 0.15) is 9.84 Å². The van der Waals surface area contributed by atoms with Gasteiger partial charge in [-0.2, -0.15) is 0 Å². The minimum Gasteiger partial charge on any atom is -0.490 e. The number of nitrogens with zero attached hydrogens (tertiary/aromatic N) is 1. The molecule has 1 rings (SSSR count). The van der Waals surface area contributed by atoms with E-state index >= 15 is 0 Å². The molecule has 7 nitrogen and oxygen atoms in total. The Morgan fingerprint density at radius 1 is 1.33 bits per heavy atom. The molecule has 1 aromatic rings. The second-order valence-corrected chi connectivity index (χ2v) is 6.67. The lowest BCUT2D eigenvalue weighted by atomic mass is 10.2. The van der Waals surface area contributed by atoms with Gasteiger partial charge in [-0.3, -0.25) is 0 Å². The second-order valence-electron chi connectivity index (χ2n) is 4.41. The molecular weight excluding hydrogens is 296 g/mol. The molecular formula is C13H20N2O5S. The SMILES string of the molecule is CCOc1cc(C(N)=NO)ccc1OCCCS(C)(=O)=O. The van der Waals surface area contributed by atoms with Gasteiger partial charge in [-0.1, -0.05) is 5.16 Å². The maximum absolute atomic E-state index is 11.0. The molecule has 0 fully saturated rings. The van der Waals surface area contributed by atoms with Gasteiger partial charge in [0, 0.05) is 11.8 Å². The second kappa shape index (κ2) is 7.72. The fraction of sp³-hybridized carbons (Fsp3) is 0.462. The van der Waals surface area contributed by atoms with Crippen LogP contribution in [0.25, 0.3) is 0 Å². The van der Waals surface area contributed by atoms with Gasteiger partial charge in [0.15, 0.2) is 17.3 Å². The van der Waals surface area contributed by atoms with Gasteiger partial charge in [-0.25, -0.2) is 8.42 Å². The van der Waals surface area contributed by atoms with E-state index in [2.05, 4.69) is 5.16 Å². The van der Waals surface area contributed by atoms with Crippen molar-refractivity contribution in [2.45, 2.75) is 13.3 Å². The van der Waals surface area contributed by atoms with Crippen LogP contribution in [0, 0.1) is 0 Å².